The molecule has 0 atom stereocenters. The van der Waals surface area contributed by atoms with E-state index in [0.717, 1.165) is 0 Å². The van der Waals surface area contributed by atoms with Gasteiger partial charge in [0.1, 0.15) is 7.22 Å². The molecule has 13 heavy (non-hydrogen) atoms. The summed E-state index contributed by atoms with van der Waals surface area (Å²) in [5, 5.41) is 3.70. The van der Waals surface area contributed by atoms with Crippen molar-refractivity contribution in [1.82, 2.24) is 0 Å². The van der Waals surface area contributed by atoms with Crippen molar-refractivity contribution < 1.29 is 0 Å². The summed E-state index contributed by atoms with van der Waals surface area (Å²) < 4.78 is 0. The molecule has 0 bridgehead atoms. The quantitative estimate of drug-likeness (QED) is 0.560. The third kappa shape index (κ3) is 5.30. The molecule has 1 aromatic rings. The van der Waals surface area contributed by atoms with Crippen LogP contribution in [0.25, 0.3) is 0 Å². The van der Waals surface area contributed by atoms with E-state index in [-0.39, 0.29) is 0 Å². The highest BCUT2D eigenvalue weighted by Crippen LogP contribution is 2.18. The molecule has 1 rings (SSSR count). The minimum absolute atomic E-state index is 0.957. The van der Waals surface area contributed by atoms with Crippen LogP contribution in [0.5, 0.6) is 0 Å². The van der Waals surface area contributed by atoms with Crippen LogP contribution in [0.15, 0.2) is 30.3 Å². The predicted octanol–water partition coefficient (Wildman–Crippen LogP) is 3.59. The SMILES string of the molecule is C[Si](C)(C)SC=Pc1ccccc1. The van der Waals surface area contributed by atoms with Gasteiger partial charge in [-0.05, 0) is 5.13 Å². The van der Waals surface area contributed by atoms with Crippen molar-refractivity contribution in [3.63, 3.8) is 0 Å². The van der Waals surface area contributed by atoms with Crippen LogP contribution < -0.4 is 5.30 Å². The first-order chi connectivity index (χ1) is 6.08. The fraction of sp³-hybridized carbons (Fsp3) is 0.300. The van der Waals surface area contributed by atoms with Gasteiger partial charge in [-0.25, -0.2) is 0 Å². The molecule has 0 radical (unpaired) electrons. The van der Waals surface area contributed by atoms with Crippen LogP contribution in [0.4, 0.5) is 0 Å². The highest BCUT2D eigenvalue weighted by Gasteiger charge is 2.10. The lowest BCUT2D eigenvalue weighted by molar-refractivity contribution is 1.78. The van der Waals surface area contributed by atoms with Gasteiger partial charge in [0.2, 0.25) is 0 Å². The second-order valence-electron chi connectivity index (χ2n) is 3.80. The predicted molar refractivity (Wildman–Crippen MR) is 70.0 cm³/mol. The summed E-state index contributed by atoms with van der Waals surface area (Å²) in [6.45, 7) is 7.11. The van der Waals surface area contributed by atoms with Gasteiger partial charge in [0, 0.05) is 5.30 Å². The van der Waals surface area contributed by atoms with Crippen molar-refractivity contribution in [3.8, 4) is 0 Å². The Hall–Kier alpha value is -0.0431. The lowest BCUT2D eigenvalue weighted by Crippen LogP contribution is -2.13. The summed E-state index contributed by atoms with van der Waals surface area (Å²) in [5.74, 6) is 0. The van der Waals surface area contributed by atoms with E-state index < -0.39 is 7.22 Å². The van der Waals surface area contributed by atoms with Crippen molar-refractivity contribution in [1.29, 1.82) is 0 Å². The van der Waals surface area contributed by atoms with E-state index in [1.54, 1.807) is 0 Å². The maximum Gasteiger partial charge on any atom is 0.114 e. The number of benzene rings is 1. The Morgan fingerprint density at radius 2 is 1.77 bits per heavy atom. The van der Waals surface area contributed by atoms with E-state index in [9.17, 15) is 0 Å². The van der Waals surface area contributed by atoms with E-state index >= 15 is 0 Å². The van der Waals surface area contributed by atoms with Crippen LogP contribution in [0.3, 0.4) is 0 Å². The Morgan fingerprint density at radius 1 is 1.15 bits per heavy atom. The minimum Gasteiger partial charge on any atom is -0.155 e. The van der Waals surface area contributed by atoms with Crippen molar-refractivity contribution in [3.05, 3.63) is 30.3 Å². The standard InChI is InChI=1S/C10H15PSSi/c1-13(2,3)12-9-11-10-7-5-4-6-8-10/h4-9H,1-3H3. The lowest BCUT2D eigenvalue weighted by Gasteiger charge is -2.10. The minimum atomic E-state index is -0.957. The van der Waals surface area contributed by atoms with Gasteiger partial charge in [-0.1, -0.05) is 58.2 Å². The van der Waals surface area contributed by atoms with Crippen LogP contribution in [-0.4, -0.2) is 12.4 Å². The van der Waals surface area contributed by atoms with E-state index in [1.165, 1.54) is 13.5 Å². The van der Waals surface area contributed by atoms with Gasteiger partial charge in [0.25, 0.3) is 0 Å². The second kappa shape index (κ2) is 4.99. The Kier molecular flexibility index (Phi) is 4.24. The largest absolute Gasteiger partial charge is 0.155 e. The van der Waals surface area contributed by atoms with Crippen LogP contribution in [0.1, 0.15) is 0 Å². The second-order valence-corrected chi connectivity index (χ2v) is 14.3. The zero-order chi connectivity index (χ0) is 9.73. The maximum atomic E-state index is 2.37. The van der Waals surface area contributed by atoms with E-state index in [1.807, 2.05) is 11.2 Å². The molecule has 0 saturated heterocycles. The van der Waals surface area contributed by atoms with Crippen molar-refractivity contribution in [2.75, 3.05) is 0 Å². The summed E-state index contributed by atoms with van der Waals surface area (Å²) in [4.78, 5) is 0. The Bertz CT molecular complexity index is 277. The highest BCUT2D eigenvalue weighted by atomic mass is 32.4. The smallest absolute Gasteiger partial charge is 0.114 e. The fourth-order valence-corrected chi connectivity index (χ4v) is 6.39. The van der Waals surface area contributed by atoms with Crippen molar-refractivity contribution in [2.24, 2.45) is 0 Å². The molecule has 0 aliphatic heterocycles. The highest BCUT2D eigenvalue weighted by molar-refractivity contribution is 8.40. The van der Waals surface area contributed by atoms with Gasteiger partial charge >= 0.3 is 0 Å². The summed E-state index contributed by atoms with van der Waals surface area (Å²) in [7, 11) is 0.378. The topological polar surface area (TPSA) is 0 Å². The van der Waals surface area contributed by atoms with Crippen molar-refractivity contribution >= 4 is 37.1 Å². The lowest BCUT2D eigenvalue weighted by atomic mass is 10.4. The number of rotatable bonds is 3. The van der Waals surface area contributed by atoms with Crippen LogP contribution in [-0.2, 0) is 0 Å². The molecule has 0 aromatic heterocycles. The van der Waals surface area contributed by atoms with Crippen LogP contribution >= 0.6 is 19.4 Å². The van der Waals surface area contributed by atoms with Gasteiger partial charge in [0.15, 0.2) is 0 Å². The zero-order valence-electron chi connectivity index (χ0n) is 8.32. The van der Waals surface area contributed by atoms with E-state index in [4.69, 9.17) is 0 Å². The van der Waals surface area contributed by atoms with Gasteiger partial charge in [-0.3, -0.25) is 0 Å². The van der Waals surface area contributed by atoms with Crippen molar-refractivity contribution in [2.45, 2.75) is 19.6 Å². The first-order valence-corrected chi connectivity index (χ1v) is 10.4. The third-order valence-corrected chi connectivity index (χ3v) is 6.58. The Labute approximate surface area is 87.2 Å². The van der Waals surface area contributed by atoms with Gasteiger partial charge in [0.05, 0.1) is 0 Å². The zero-order valence-corrected chi connectivity index (χ0v) is 11.0. The molecule has 0 nitrogen and oxygen atoms in total. The Morgan fingerprint density at radius 3 is 2.31 bits per heavy atom. The molecule has 3 heteroatoms. The normalized spacial score (nSPS) is 12.2. The van der Waals surface area contributed by atoms with E-state index in [2.05, 4.69) is 55.1 Å². The molecular weight excluding hydrogens is 211 g/mol. The molecule has 0 aliphatic rings. The first kappa shape index (κ1) is 11.0. The summed E-state index contributed by atoms with van der Waals surface area (Å²) in [6.07, 6.45) is 0. The molecular formula is C10H15PSSi. The Balaban J connectivity index is 2.51. The number of hydrogen-bond donors (Lipinski definition) is 0. The van der Waals surface area contributed by atoms with Crippen LogP contribution in [0, 0.1) is 0 Å². The fourth-order valence-electron chi connectivity index (χ4n) is 0.759. The summed E-state index contributed by atoms with van der Waals surface area (Å²) >= 11 is 2.03. The number of hydrogen-bond acceptors (Lipinski definition) is 1. The molecule has 0 unspecified atom stereocenters. The first-order valence-electron chi connectivity index (χ1n) is 4.33. The molecule has 1 aromatic carbocycles. The summed E-state index contributed by atoms with van der Waals surface area (Å²) in [6, 6.07) is 10.6. The average molecular weight is 226 g/mol. The molecule has 0 spiro atoms. The van der Waals surface area contributed by atoms with E-state index in [0.29, 0.717) is 0 Å². The molecule has 0 saturated carbocycles. The third-order valence-electron chi connectivity index (χ3n) is 1.36. The molecule has 0 amide bonds. The molecule has 70 valence electrons. The molecule has 0 aliphatic carbocycles. The average Bonchev–Trinajstić information content (AvgIpc) is 2.04. The monoisotopic (exact) mass is 226 g/mol. The van der Waals surface area contributed by atoms with Gasteiger partial charge in [-0.15, -0.1) is 0 Å². The molecule has 0 heterocycles. The van der Waals surface area contributed by atoms with Gasteiger partial charge in [-0.2, -0.15) is 11.2 Å². The maximum absolute atomic E-state index is 2.37. The molecule has 0 fully saturated rings. The van der Waals surface area contributed by atoms with Crippen LogP contribution in [0.2, 0.25) is 19.6 Å². The van der Waals surface area contributed by atoms with Gasteiger partial charge < -0.3 is 0 Å². The molecule has 0 N–H and O–H groups in total. The summed E-state index contributed by atoms with van der Waals surface area (Å²) in [5.41, 5.74) is 0.